The third kappa shape index (κ3) is 5.47. The number of rotatable bonds is 8. The second-order valence-corrected chi connectivity index (χ2v) is 5.89. The number of carboxylic acids is 1. The van der Waals surface area contributed by atoms with E-state index in [1.807, 2.05) is 0 Å². The maximum atomic E-state index is 13.2. The van der Waals surface area contributed by atoms with Gasteiger partial charge in [-0.05, 0) is 19.8 Å². The van der Waals surface area contributed by atoms with E-state index in [-0.39, 0.29) is 13.0 Å². The Kier molecular flexibility index (Phi) is 6.51. The molecule has 130 valence electrons. The second-order valence-electron chi connectivity index (χ2n) is 5.03. The van der Waals surface area contributed by atoms with E-state index < -0.39 is 35.1 Å². The van der Waals surface area contributed by atoms with Crippen molar-refractivity contribution in [3.63, 3.8) is 0 Å². The fraction of sp³-hybridized carbons (Fsp3) is 0.615. The van der Waals surface area contributed by atoms with Gasteiger partial charge in [-0.1, -0.05) is 0 Å². The summed E-state index contributed by atoms with van der Waals surface area (Å²) in [4.78, 5) is 25.6. The molecule has 1 atom stereocenters. The van der Waals surface area contributed by atoms with Gasteiger partial charge in [0.25, 0.3) is 0 Å². The number of nitrogens with one attached hydrogen (secondary N) is 1. The van der Waals surface area contributed by atoms with Gasteiger partial charge in [0.15, 0.2) is 0 Å². The Morgan fingerprint density at radius 1 is 1.35 bits per heavy atom. The number of thiazole rings is 1. The number of amides is 1. The predicted octanol–water partition coefficient (Wildman–Crippen LogP) is 1.96. The van der Waals surface area contributed by atoms with Crippen molar-refractivity contribution < 1.29 is 33.0 Å². The van der Waals surface area contributed by atoms with Gasteiger partial charge in [-0.2, -0.15) is 13.2 Å². The number of alkyl halides is 3. The molecule has 3 N–H and O–H groups in total. The van der Waals surface area contributed by atoms with Crippen molar-refractivity contribution in [2.45, 2.75) is 44.4 Å². The maximum absolute atomic E-state index is 13.2. The summed E-state index contributed by atoms with van der Waals surface area (Å²) in [6.07, 6.45) is -5.70. The number of aromatic nitrogens is 1. The third-order valence-corrected chi connectivity index (χ3v) is 4.11. The lowest BCUT2D eigenvalue weighted by Gasteiger charge is -2.27. The van der Waals surface area contributed by atoms with Crippen molar-refractivity contribution in [3.8, 4) is 0 Å². The lowest BCUT2D eigenvalue weighted by atomic mass is 9.99. The minimum Gasteiger partial charge on any atom is -0.481 e. The second kappa shape index (κ2) is 7.73. The van der Waals surface area contributed by atoms with Crippen LogP contribution in [0.25, 0.3) is 0 Å². The highest BCUT2D eigenvalue weighted by molar-refractivity contribution is 7.09. The maximum Gasteiger partial charge on any atom is 0.424 e. The van der Waals surface area contributed by atoms with Crippen LogP contribution < -0.4 is 5.32 Å². The van der Waals surface area contributed by atoms with Crippen LogP contribution in [0.4, 0.5) is 13.2 Å². The van der Waals surface area contributed by atoms with Crippen LogP contribution in [0.3, 0.4) is 0 Å². The fourth-order valence-electron chi connectivity index (χ4n) is 1.76. The molecule has 0 saturated carbocycles. The zero-order chi connectivity index (χ0) is 17.7. The SMILES string of the molecule is Cc1csc(C(O)(CC(=O)NCCCCC(=O)O)C(F)(F)F)n1. The molecule has 1 heterocycles. The molecular formula is C13H17F3N2O4S. The van der Waals surface area contributed by atoms with Gasteiger partial charge in [0.1, 0.15) is 5.01 Å². The topological polar surface area (TPSA) is 99.5 Å². The molecule has 6 nitrogen and oxygen atoms in total. The average molecular weight is 354 g/mol. The van der Waals surface area contributed by atoms with Crippen LogP contribution in [-0.4, -0.2) is 39.8 Å². The Bertz CT molecular complexity index is 562. The van der Waals surface area contributed by atoms with E-state index in [1.165, 1.54) is 12.3 Å². The molecule has 0 fully saturated rings. The minimum absolute atomic E-state index is 0.0386. The number of carboxylic acid groups (broad SMARTS) is 1. The summed E-state index contributed by atoms with van der Waals surface area (Å²) < 4.78 is 39.5. The lowest BCUT2D eigenvalue weighted by molar-refractivity contribution is -0.267. The molecule has 0 spiro atoms. The van der Waals surface area contributed by atoms with Crippen LogP contribution >= 0.6 is 11.3 Å². The highest BCUT2D eigenvalue weighted by Crippen LogP contribution is 2.42. The molecule has 0 radical (unpaired) electrons. The largest absolute Gasteiger partial charge is 0.481 e. The first kappa shape index (κ1) is 19.4. The standard InChI is InChI=1S/C13H17F3N2O4S/c1-8-7-23-11(18-8)12(22,13(14,15)16)6-9(19)17-5-3-2-4-10(20)21/h7,22H,2-6H2,1H3,(H,17,19)(H,20,21). The molecule has 0 saturated heterocycles. The number of nitrogens with zero attached hydrogens (tertiary/aromatic N) is 1. The molecule has 10 heteroatoms. The molecule has 1 amide bonds. The number of unbranched alkanes of at least 4 members (excludes halogenated alkanes) is 1. The molecule has 1 rings (SSSR count). The summed E-state index contributed by atoms with van der Waals surface area (Å²) in [6, 6.07) is 0. The highest BCUT2D eigenvalue weighted by atomic mass is 32.1. The number of aliphatic hydroxyl groups is 1. The molecule has 1 aromatic heterocycles. The van der Waals surface area contributed by atoms with Gasteiger partial charge >= 0.3 is 12.1 Å². The van der Waals surface area contributed by atoms with Gasteiger partial charge < -0.3 is 15.5 Å². The van der Waals surface area contributed by atoms with Gasteiger partial charge in [-0.25, -0.2) is 4.98 Å². The van der Waals surface area contributed by atoms with Crippen molar-refractivity contribution in [2.24, 2.45) is 0 Å². The van der Waals surface area contributed by atoms with Gasteiger partial charge in [-0.15, -0.1) is 11.3 Å². The summed E-state index contributed by atoms with van der Waals surface area (Å²) in [5.41, 5.74) is -3.02. The van der Waals surface area contributed by atoms with Crippen LogP contribution in [0.5, 0.6) is 0 Å². The molecular weight excluding hydrogens is 337 g/mol. The predicted molar refractivity (Wildman–Crippen MR) is 75.9 cm³/mol. The van der Waals surface area contributed by atoms with E-state index in [4.69, 9.17) is 5.11 Å². The van der Waals surface area contributed by atoms with Crippen molar-refractivity contribution in [1.82, 2.24) is 10.3 Å². The summed E-state index contributed by atoms with van der Waals surface area (Å²) in [7, 11) is 0. The molecule has 0 aromatic carbocycles. The van der Waals surface area contributed by atoms with Gasteiger partial charge in [0.2, 0.25) is 11.5 Å². The molecule has 0 aliphatic heterocycles. The Hall–Kier alpha value is -1.68. The number of carbonyl (C=O) groups is 2. The van der Waals surface area contributed by atoms with E-state index in [9.17, 15) is 27.9 Å². The smallest absolute Gasteiger partial charge is 0.424 e. The van der Waals surface area contributed by atoms with Crippen LogP contribution in [0, 0.1) is 6.92 Å². The van der Waals surface area contributed by atoms with E-state index in [2.05, 4.69) is 10.3 Å². The van der Waals surface area contributed by atoms with Crippen molar-refractivity contribution in [1.29, 1.82) is 0 Å². The fourth-order valence-corrected chi connectivity index (χ4v) is 2.68. The van der Waals surface area contributed by atoms with E-state index >= 15 is 0 Å². The molecule has 0 aliphatic rings. The Morgan fingerprint density at radius 2 is 2.00 bits per heavy atom. The number of carbonyl (C=O) groups excluding carboxylic acids is 1. The molecule has 1 unspecified atom stereocenters. The summed E-state index contributed by atoms with van der Waals surface area (Å²) in [6.45, 7) is 1.52. The van der Waals surface area contributed by atoms with E-state index in [0.717, 1.165) is 0 Å². The first-order chi connectivity index (χ1) is 10.6. The van der Waals surface area contributed by atoms with Gasteiger partial charge in [0.05, 0.1) is 6.42 Å². The molecule has 0 bridgehead atoms. The molecule has 0 aliphatic carbocycles. The van der Waals surface area contributed by atoms with Gasteiger partial charge in [0, 0.05) is 24.0 Å². The molecule has 23 heavy (non-hydrogen) atoms. The van der Waals surface area contributed by atoms with Gasteiger partial charge in [-0.3, -0.25) is 9.59 Å². The number of hydrogen-bond donors (Lipinski definition) is 3. The lowest BCUT2D eigenvalue weighted by Crippen LogP contribution is -2.46. The third-order valence-electron chi connectivity index (χ3n) is 3.00. The normalized spacial score (nSPS) is 14.3. The number of aryl methyl sites for hydroxylation is 1. The van der Waals surface area contributed by atoms with Crippen molar-refractivity contribution in [3.05, 3.63) is 16.1 Å². The number of halogens is 3. The summed E-state index contributed by atoms with van der Waals surface area (Å²) in [5.74, 6) is -1.96. The summed E-state index contributed by atoms with van der Waals surface area (Å²) >= 11 is 0.634. The quantitative estimate of drug-likeness (QED) is 0.620. The Labute approximate surface area is 134 Å². The van der Waals surface area contributed by atoms with E-state index in [1.54, 1.807) is 0 Å². The van der Waals surface area contributed by atoms with Crippen molar-refractivity contribution in [2.75, 3.05) is 6.54 Å². The van der Waals surface area contributed by atoms with Crippen LogP contribution in [0.1, 0.15) is 36.4 Å². The van der Waals surface area contributed by atoms with Crippen LogP contribution in [-0.2, 0) is 15.2 Å². The van der Waals surface area contributed by atoms with Crippen LogP contribution in [0.2, 0.25) is 0 Å². The minimum atomic E-state index is -5.04. The summed E-state index contributed by atoms with van der Waals surface area (Å²) in [5, 5.41) is 21.4. The first-order valence-corrected chi connectivity index (χ1v) is 7.64. The zero-order valence-electron chi connectivity index (χ0n) is 12.3. The van der Waals surface area contributed by atoms with Crippen molar-refractivity contribution >= 4 is 23.2 Å². The first-order valence-electron chi connectivity index (χ1n) is 6.76. The zero-order valence-corrected chi connectivity index (χ0v) is 13.1. The number of hydrogen-bond acceptors (Lipinski definition) is 5. The molecule has 1 aromatic rings. The number of aliphatic carboxylic acids is 1. The van der Waals surface area contributed by atoms with Crippen LogP contribution in [0.15, 0.2) is 5.38 Å². The monoisotopic (exact) mass is 354 g/mol. The Morgan fingerprint density at radius 3 is 2.48 bits per heavy atom. The average Bonchev–Trinajstić information content (AvgIpc) is 2.83. The van der Waals surface area contributed by atoms with E-state index in [0.29, 0.717) is 29.9 Å². The highest BCUT2D eigenvalue weighted by Gasteiger charge is 2.58. The Balaban J connectivity index is 2.65.